The highest BCUT2D eigenvalue weighted by molar-refractivity contribution is 6.31. The van der Waals surface area contributed by atoms with Crippen LogP contribution in [0.5, 0.6) is 0 Å². The van der Waals surface area contributed by atoms with Gasteiger partial charge in [0.05, 0.1) is 46.6 Å². The number of fused-ring (bicyclic) bond motifs is 3. The summed E-state index contributed by atoms with van der Waals surface area (Å²) in [6.45, 7) is 4.00. The number of aromatic nitrogens is 8. The molecule has 15 rings (SSSR count). The van der Waals surface area contributed by atoms with Crippen LogP contribution in [0.25, 0.3) is 40.4 Å². The van der Waals surface area contributed by atoms with Crippen molar-refractivity contribution in [2.75, 3.05) is 5.88 Å². The van der Waals surface area contributed by atoms with E-state index < -0.39 is 23.6 Å². The maximum absolute atomic E-state index is 15.0. The molecule has 108 heavy (non-hydrogen) atoms. The quantitative estimate of drug-likeness (QED) is 0.0598. The van der Waals surface area contributed by atoms with E-state index in [1.165, 1.54) is 40.1 Å². The molecule has 3 amide bonds. The first-order valence-electron chi connectivity index (χ1n) is 36.6. The van der Waals surface area contributed by atoms with Crippen molar-refractivity contribution in [3.63, 3.8) is 0 Å². The molecule has 3 N–H and O–H groups in total. The van der Waals surface area contributed by atoms with E-state index in [1.54, 1.807) is 30.9 Å². The zero-order valence-corrected chi connectivity index (χ0v) is 62.1. The Labute approximate surface area is 641 Å². The maximum Gasteiger partial charge on any atom is 0.272 e. The number of alkyl halides is 1. The molecule has 5 aromatic heterocycles. The third-order valence-electron chi connectivity index (χ3n) is 19.8. The topological polar surface area (TPSA) is 167 Å². The van der Waals surface area contributed by atoms with Crippen LogP contribution >= 0.6 is 34.8 Å². The number of amides is 3. The van der Waals surface area contributed by atoms with Crippen LogP contribution in [0, 0.1) is 17.5 Å². The number of halogens is 6. The average molecular weight is 1500 g/mol. The van der Waals surface area contributed by atoms with Gasteiger partial charge in [0.2, 0.25) is 0 Å². The number of carbonyl (C=O) groups excluding carboxylic acids is 3. The molecule has 12 aromatic rings. The van der Waals surface area contributed by atoms with Crippen molar-refractivity contribution in [1.82, 2.24) is 55.3 Å². The minimum absolute atomic E-state index is 0.0600. The Kier molecular flexibility index (Phi) is 24.8. The number of carbonyl (C=O) groups is 3. The van der Waals surface area contributed by atoms with E-state index in [2.05, 4.69) is 43.2 Å². The van der Waals surface area contributed by atoms with E-state index in [0.717, 1.165) is 150 Å². The summed E-state index contributed by atoms with van der Waals surface area (Å²) < 4.78 is 48.0. The zero-order chi connectivity index (χ0) is 75.0. The molecule has 20 heteroatoms. The van der Waals surface area contributed by atoms with Gasteiger partial charge in [0.1, 0.15) is 17.3 Å². The van der Waals surface area contributed by atoms with Crippen molar-refractivity contribution in [3.8, 4) is 17.1 Å². The zero-order valence-electron chi connectivity index (χ0n) is 59.9. The molecule has 5 heterocycles. The van der Waals surface area contributed by atoms with E-state index in [0.29, 0.717) is 40.0 Å². The van der Waals surface area contributed by atoms with Crippen LogP contribution < -0.4 is 16.0 Å². The van der Waals surface area contributed by atoms with E-state index in [1.807, 2.05) is 193 Å². The Bertz CT molecular complexity index is 4940. The molecule has 548 valence electrons. The lowest BCUT2D eigenvalue weighted by molar-refractivity contribution is 0.0925. The highest BCUT2D eigenvalue weighted by Gasteiger charge is 2.34. The average Bonchev–Trinajstić information content (AvgIpc) is 1.63. The smallest absolute Gasteiger partial charge is 0.272 e. The summed E-state index contributed by atoms with van der Waals surface area (Å²) in [4.78, 5) is 49.0. The van der Waals surface area contributed by atoms with Gasteiger partial charge in [-0.3, -0.25) is 24.4 Å². The lowest BCUT2D eigenvalue weighted by Gasteiger charge is -2.19. The Balaban J connectivity index is 0.000000143. The maximum atomic E-state index is 15.0. The van der Waals surface area contributed by atoms with Gasteiger partial charge in [-0.2, -0.15) is 15.3 Å². The van der Waals surface area contributed by atoms with Crippen LogP contribution in [-0.4, -0.2) is 62.9 Å². The van der Waals surface area contributed by atoms with Crippen LogP contribution in [0.1, 0.15) is 194 Å². The Morgan fingerprint density at radius 1 is 0.472 bits per heavy atom. The minimum Gasteiger partial charge on any atom is -0.344 e. The van der Waals surface area contributed by atoms with Gasteiger partial charge in [-0.15, -0.1) is 11.6 Å². The number of hydrogen-bond acceptors (Lipinski definition) is 8. The third kappa shape index (κ3) is 18.2. The molecule has 7 aromatic carbocycles. The van der Waals surface area contributed by atoms with Gasteiger partial charge in [0.25, 0.3) is 17.7 Å². The van der Waals surface area contributed by atoms with Crippen LogP contribution in [-0.2, 0) is 25.7 Å². The Hall–Kier alpha value is -11.0. The highest BCUT2D eigenvalue weighted by Crippen LogP contribution is 2.40. The second-order valence-electron chi connectivity index (χ2n) is 27.2. The van der Waals surface area contributed by atoms with Crippen molar-refractivity contribution in [2.45, 2.75) is 121 Å². The van der Waals surface area contributed by atoms with Crippen molar-refractivity contribution < 1.29 is 27.6 Å². The summed E-state index contributed by atoms with van der Waals surface area (Å²) in [6.07, 6.45) is 22.4. The summed E-state index contributed by atoms with van der Waals surface area (Å²) in [6, 6.07) is 61.7. The van der Waals surface area contributed by atoms with Crippen LogP contribution in [0.2, 0.25) is 10.0 Å². The number of benzene rings is 7. The largest absolute Gasteiger partial charge is 0.344 e. The number of allylic oxidation sites excluding steroid dienone is 2. The summed E-state index contributed by atoms with van der Waals surface area (Å²) in [5.74, 6) is -2.52. The monoisotopic (exact) mass is 1500 g/mol. The number of pyridine rings is 2. The van der Waals surface area contributed by atoms with Gasteiger partial charge in [0, 0.05) is 69.4 Å². The van der Waals surface area contributed by atoms with Gasteiger partial charge in [-0.05, 0) is 220 Å². The molecular weight excluding hydrogens is 1420 g/mol. The molecular formula is C88H81Cl3F3N11O3. The fourth-order valence-electron chi connectivity index (χ4n) is 14.4. The number of rotatable bonds is 17. The molecule has 3 aliphatic rings. The highest BCUT2D eigenvalue weighted by atomic mass is 35.5. The molecule has 1 unspecified atom stereocenters. The molecule has 14 nitrogen and oxygen atoms in total. The molecule has 0 bridgehead atoms. The number of nitrogens with zero attached hydrogens (tertiary/aromatic N) is 8. The van der Waals surface area contributed by atoms with Gasteiger partial charge in [-0.25, -0.2) is 27.2 Å². The normalized spacial score (nSPS) is 15.5. The Morgan fingerprint density at radius 2 is 0.907 bits per heavy atom. The van der Waals surface area contributed by atoms with Crippen molar-refractivity contribution in [1.29, 1.82) is 0 Å². The molecule has 3 aliphatic carbocycles. The fraction of sp³-hybridized carbons (Fsp3) is 0.227. The molecule has 4 atom stereocenters. The predicted octanol–water partition coefficient (Wildman–Crippen LogP) is 20.4. The SMILES string of the molecule is C[C@@H](NC(=O)c1nn(-c2ccncc2)c2c1CCCC/C2=C\c1ccc(Cl)cc1)c1ccccc1.C[C@H](NC(=O)c1nn(-c2ccncc2)c2c1CCCC/C2=C\c1ccc(Cl)cc1)c1ccccc1.O=C(N[C@H](CCl)c1ccccc1)c1nn(-c2ccc(F)cc2F)c2c1CCCCC2Cc1cccc(F)c1. The first kappa shape index (κ1) is 75.3. The standard InChI is InChI=1S/C30H27ClF3N3O.2C29H27ClN4O/c31-18-26(20-8-2-1-3-9-20)35-30(38)28-24-12-5-4-10-21(15-19-7-6-11-22(32)16-19)29(24)37(36-28)27-14-13-23(33)17-25(27)34;2*1-20(22-7-3-2-4-8-22)32-29(35)27-26-10-6-5-9-23(19-21-11-13-24(30)14-12-21)28(26)34(33-27)25-15-17-31-18-16-25/h1-3,6-9,11,13-14,16-17,21,26H,4-5,10,12,15,18H2,(H,35,38);2*2-4,7-8,11-20H,5-6,9-10H2,1H3,(H,32,35)/b;2*23-19+/t21?,26-;2*20-/m110/s1. The van der Waals surface area contributed by atoms with E-state index in [4.69, 9.17) is 45.0 Å². The summed E-state index contributed by atoms with van der Waals surface area (Å²) >= 11 is 18.4. The van der Waals surface area contributed by atoms with E-state index >= 15 is 4.39 Å². The van der Waals surface area contributed by atoms with Gasteiger partial charge in [-0.1, -0.05) is 157 Å². The fourth-order valence-corrected chi connectivity index (χ4v) is 15.0. The molecule has 0 saturated carbocycles. The van der Waals surface area contributed by atoms with Crippen LogP contribution in [0.15, 0.2) is 231 Å². The summed E-state index contributed by atoms with van der Waals surface area (Å²) in [5, 5.41) is 25.1. The van der Waals surface area contributed by atoms with Gasteiger partial charge >= 0.3 is 0 Å². The first-order chi connectivity index (χ1) is 52.6. The second kappa shape index (κ2) is 35.6. The number of nitrogens with one attached hydrogen (secondary N) is 3. The lowest BCUT2D eigenvalue weighted by Crippen LogP contribution is -2.30. The van der Waals surface area contributed by atoms with Crippen LogP contribution in [0.4, 0.5) is 13.2 Å². The first-order valence-corrected chi connectivity index (χ1v) is 37.9. The predicted molar refractivity (Wildman–Crippen MR) is 422 cm³/mol. The summed E-state index contributed by atoms with van der Waals surface area (Å²) in [5.41, 5.74) is 16.7. The minimum atomic E-state index is -0.779. The molecule has 0 spiro atoms. The molecule has 0 fully saturated rings. The third-order valence-corrected chi connectivity index (χ3v) is 20.6. The number of hydrogen-bond donors (Lipinski definition) is 3. The lowest BCUT2D eigenvalue weighted by atomic mass is 9.90. The molecule has 0 saturated heterocycles. The van der Waals surface area contributed by atoms with Crippen LogP contribution in [0.3, 0.4) is 0 Å². The van der Waals surface area contributed by atoms with Crippen molar-refractivity contribution in [3.05, 3.63) is 343 Å². The molecule has 0 radical (unpaired) electrons. The summed E-state index contributed by atoms with van der Waals surface area (Å²) in [7, 11) is 0. The van der Waals surface area contributed by atoms with E-state index in [-0.39, 0.29) is 52.9 Å². The van der Waals surface area contributed by atoms with Crippen molar-refractivity contribution in [2.24, 2.45) is 0 Å². The van der Waals surface area contributed by atoms with E-state index in [9.17, 15) is 23.2 Å². The van der Waals surface area contributed by atoms with Gasteiger partial charge < -0.3 is 16.0 Å². The van der Waals surface area contributed by atoms with Crippen molar-refractivity contribution >= 4 is 75.8 Å². The Morgan fingerprint density at radius 3 is 1.39 bits per heavy atom. The molecule has 0 aliphatic heterocycles. The second-order valence-corrected chi connectivity index (χ2v) is 28.4. The van der Waals surface area contributed by atoms with Gasteiger partial charge in [0.15, 0.2) is 22.9 Å².